The van der Waals surface area contributed by atoms with Gasteiger partial charge in [-0.1, -0.05) is 18.6 Å². The third-order valence-electron chi connectivity index (χ3n) is 4.06. The van der Waals surface area contributed by atoms with Crippen LogP contribution in [0, 0.1) is 5.92 Å². The minimum atomic E-state index is -0.219. The fraction of sp³-hybridized carbons (Fsp3) is 0.529. The molecule has 3 N–H and O–H groups in total. The van der Waals surface area contributed by atoms with Crippen molar-refractivity contribution >= 4 is 11.8 Å². The number of carbonyl (C=O) groups excluding carboxylic acids is 2. The summed E-state index contributed by atoms with van der Waals surface area (Å²) in [5, 5.41) is 15.3. The summed E-state index contributed by atoms with van der Waals surface area (Å²) in [4.78, 5) is 23.0. The van der Waals surface area contributed by atoms with Gasteiger partial charge in [-0.15, -0.1) is 0 Å². The third kappa shape index (κ3) is 5.15. The second-order valence-electron chi connectivity index (χ2n) is 6.00. The Balaban J connectivity index is 1.80. The average molecular weight is 304 g/mol. The molecule has 2 unspecified atom stereocenters. The molecule has 5 nitrogen and oxygen atoms in total. The van der Waals surface area contributed by atoms with E-state index < -0.39 is 0 Å². The van der Waals surface area contributed by atoms with Crippen LogP contribution in [0.25, 0.3) is 0 Å². The van der Waals surface area contributed by atoms with Crippen molar-refractivity contribution in [1.29, 1.82) is 0 Å². The molecule has 0 aromatic heterocycles. The third-order valence-corrected chi connectivity index (χ3v) is 4.06. The Morgan fingerprint density at radius 1 is 1.18 bits per heavy atom. The summed E-state index contributed by atoms with van der Waals surface area (Å²) in [6.07, 6.45) is 3.52. The second kappa shape index (κ2) is 7.94. The van der Waals surface area contributed by atoms with Crippen molar-refractivity contribution in [1.82, 2.24) is 10.6 Å². The Hall–Kier alpha value is -1.88. The molecule has 1 fully saturated rings. The number of nitrogens with one attached hydrogen (secondary N) is 2. The van der Waals surface area contributed by atoms with Crippen molar-refractivity contribution in [3.05, 3.63) is 35.4 Å². The Morgan fingerprint density at radius 3 is 2.55 bits per heavy atom. The van der Waals surface area contributed by atoms with Crippen molar-refractivity contribution in [2.75, 3.05) is 6.54 Å². The zero-order chi connectivity index (χ0) is 15.9. The van der Waals surface area contributed by atoms with E-state index in [1.165, 1.54) is 6.92 Å². The van der Waals surface area contributed by atoms with Crippen LogP contribution < -0.4 is 10.6 Å². The lowest BCUT2D eigenvalue weighted by Crippen LogP contribution is -2.33. The van der Waals surface area contributed by atoms with E-state index in [1.54, 1.807) is 12.1 Å². The molecule has 1 aliphatic rings. The van der Waals surface area contributed by atoms with Gasteiger partial charge in [0.1, 0.15) is 0 Å². The first-order valence-corrected chi connectivity index (χ1v) is 7.84. The van der Waals surface area contributed by atoms with E-state index in [0.29, 0.717) is 24.6 Å². The highest BCUT2D eigenvalue weighted by molar-refractivity contribution is 5.94. The standard InChI is InChI=1S/C17H24N2O3/c1-12(20)18-10-13-5-7-15(8-6-13)17(22)19-11-14-3-2-4-16(21)9-14/h5-8,14,16,21H,2-4,9-11H2,1H3,(H,18,20)(H,19,22). The van der Waals surface area contributed by atoms with E-state index in [-0.39, 0.29) is 17.9 Å². The monoisotopic (exact) mass is 304 g/mol. The number of amides is 2. The molecule has 2 atom stereocenters. The van der Waals surface area contributed by atoms with Crippen LogP contribution >= 0.6 is 0 Å². The Labute approximate surface area is 131 Å². The molecule has 0 bridgehead atoms. The normalized spacial score (nSPS) is 21.2. The Bertz CT molecular complexity index is 513. The summed E-state index contributed by atoms with van der Waals surface area (Å²) in [6, 6.07) is 7.22. The fourth-order valence-corrected chi connectivity index (χ4v) is 2.79. The minimum Gasteiger partial charge on any atom is -0.393 e. The zero-order valence-electron chi connectivity index (χ0n) is 13.0. The van der Waals surface area contributed by atoms with E-state index in [1.807, 2.05) is 12.1 Å². The number of benzene rings is 1. The molecule has 5 heteroatoms. The second-order valence-corrected chi connectivity index (χ2v) is 6.00. The largest absolute Gasteiger partial charge is 0.393 e. The van der Waals surface area contributed by atoms with Crippen molar-refractivity contribution in [2.45, 2.75) is 45.3 Å². The summed E-state index contributed by atoms with van der Waals surface area (Å²) >= 11 is 0. The van der Waals surface area contributed by atoms with E-state index >= 15 is 0 Å². The van der Waals surface area contributed by atoms with Crippen molar-refractivity contribution in [3.8, 4) is 0 Å². The molecular weight excluding hydrogens is 280 g/mol. The van der Waals surface area contributed by atoms with Gasteiger partial charge in [-0.2, -0.15) is 0 Å². The lowest BCUT2D eigenvalue weighted by Gasteiger charge is -2.25. The number of carbonyl (C=O) groups is 2. The molecule has 1 aliphatic carbocycles. The molecule has 1 aromatic carbocycles. The topological polar surface area (TPSA) is 78.4 Å². The zero-order valence-corrected chi connectivity index (χ0v) is 13.0. The summed E-state index contributed by atoms with van der Waals surface area (Å²) in [7, 11) is 0. The van der Waals surface area contributed by atoms with Crippen molar-refractivity contribution in [2.24, 2.45) is 5.92 Å². The van der Waals surface area contributed by atoms with E-state index in [0.717, 1.165) is 31.2 Å². The fourth-order valence-electron chi connectivity index (χ4n) is 2.79. The lowest BCUT2D eigenvalue weighted by atomic mass is 9.87. The van der Waals surface area contributed by atoms with Crippen LogP contribution in [-0.4, -0.2) is 29.6 Å². The Morgan fingerprint density at radius 2 is 1.91 bits per heavy atom. The molecular formula is C17H24N2O3. The lowest BCUT2D eigenvalue weighted by molar-refractivity contribution is -0.119. The van der Waals surface area contributed by atoms with Crippen molar-refractivity contribution < 1.29 is 14.7 Å². The number of aliphatic hydroxyl groups is 1. The van der Waals surface area contributed by atoms with Gasteiger partial charge < -0.3 is 15.7 Å². The van der Waals surface area contributed by atoms with E-state index in [2.05, 4.69) is 10.6 Å². The van der Waals surface area contributed by atoms with Crippen LogP contribution in [0.5, 0.6) is 0 Å². The van der Waals surface area contributed by atoms with Crippen LogP contribution in [0.2, 0.25) is 0 Å². The van der Waals surface area contributed by atoms with Gasteiger partial charge in [0.2, 0.25) is 5.91 Å². The van der Waals surface area contributed by atoms with Crippen LogP contribution in [0.15, 0.2) is 24.3 Å². The molecule has 0 spiro atoms. The summed E-state index contributed by atoms with van der Waals surface area (Å²) < 4.78 is 0. The highest BCUT2D eigenvalue weighted by Crippen LogP contribution is 2.23. The molecule has 0 aliphatic heterocycles. The number of hydrogen-bond acceptors (Lipinski definition) is 3. The first-order chi connectivity index (χ1) is 10.5. The molecule has 0 radical (unpaired) electrons. The molecule has 0 saturated heterocycles. The maximum absolute atomic E-state index is 12.1. The molecule has 2 amide bonds. The molecule has 2 rings (SSSR count). The predicted octanol–water partition coefficient (Wildman–Crippen LogP) is 1.60. The maximum Gasteiger partial charge on any atom is 0.251 e. The van der Waals surface area contributed by atoms with Gasteiger partial charge in [0.15, 0.2) is 0 Å². The molecule has 1 aromatic rings. The van der Waals surface area contributed by atoms with Crippen LogP contribution in [0.1, 0.15) is 48.5 Å². The van der Waals surface area contributed by atoms with Gasteiger partial charge in [-0.05, 0) is 42.9 Å². The highest BCUT2D eigenvalue weighted by atomic mass is 16.3. The first kappa shape index (κ1) is 16.5. The average Bonchev–Trinajstić information content (AvgIpc) is 2.51. The van der Waals surface area contributed by atoms with Crippen LogP contribution in [0.3, 0.4) is 0 Å². The van der Waals surface area contributed by atoms with E-state index in [9.17, 15) is 14.7 Å². The maximum atomic E-state index is 12.1. The van der Waals surface area contributed by atoms with Crippen LogP contribution in [0.4, 0.5) is 0 Å². The van der Waals surface area contributed by atoms with Gasteiger partial charge in [0.05, 0.1) is 6.10 Å². The van der Waals surface area contributed by atoms with Gasteiger partial charge in [-0.3, -0.25) is 9.59 Å². The van der Waals surface area contributed by atoms with Gasteiger partial charge in [0, 0.05) is 25.6 Å². The first-order valence-electron chi connectivity index (χ1n) is 7.84. The molecule has 22 heavy (non-hydrogen) atoms. The summed E-state index contributed by atoms with van der Waals surface area (Å²) in [6.45, 7) is 2.56. The van der Waals surface area contributed by atoms with Crippen molar-refractivity contribution in [3.63, 3.8) is 0 Å². The molecule has 1 saturated carbocycles. The summed E-state index contributed by atoms with van der Waals surface area (Å²) in [5.74, 6) is 0.203. The van der Waals surface area contributed by atoms with Gasteiger partial charge in [-0.25, -0.2) is 0 Å². The van der Waals surface area contributed by atoms with Gasteiger partial charge in [0.25, 0.3) is 5.91 Å². The Kier molecular flexibility index (Phi) is 5.95. The highest BCUT2D eigenvalue weighted by Gasteiger charge is 2.20. The van der Waals surface area contributed by atoms with E-state index in [4.69, 9.17) is 0 Å². The molecule has 120 valence electrons. The quantitative estimate of drug-likeness (QED) is 0.773. The number of hydrogen-bond donors (Lipinski definition) is 3. The smallest absolute Gasteiger partial charge is 0.251 e. The number of aliphatic hydroxyl groups excluding tert-OH is 1. The van der Waals surface area contributed by atoms with Crippen LogP contribution in [-0.2, 0) is 11.3 Å². The van der Waals surface area contributed by atoms with Gasteiger partial charge >= 0.3 is 0 Å². The minimum absolute atomic E-state index is 0.0727. The molecule has 0 heterocycles. The SMILES string of the molecule is CC(=O)NCc1ccc(C(=O)NCC2CCCC(O)C2)cc1. The predicted molar refractivity (Wildman–Crippen MR) is 84.3 cm³/mol. The number of rotatable bonds is 5. The summed E-state index contributed by atoms with van der Waals surface area (Å²) in [5.41, 5.74) is 1.57.